The van der Waals surface area contributed by atoms with Gasteiger partial charge in [0.25, 0.3) is 0 Å². The van der Waals surface area contributed by atoms with E-state index in [1.165, 1.54) is 12.8 Å². The van der Waals surface area contributed by atoms with Crippen molar-refractivity contribution < 1.29 is 14.6 Å². The first-order chi connectivity index (χ1) is 8.13. The van der Waals surface area contributed by atoms with Gasteiger partial charge in [-0.15, -0.1) is 0 Å². The van der Waals surface area contributed by atoms with Crippen LogP contribution in [-0.2, 0) is 9.47 Å². The Morgan fingerprint density at radius 3 is 2.53 bits per heavy atom. The van der Waals surface area contributed by atoms with Gasteiger partial charge >= 0.3 is 0 Å². The molecule has 0 aromatic rings. The highest BCUT2D eigenvalue weighted by atomic mass is 16.5. The van der Waals surface area contributed by atoms with Crippen molar-refractivity contribution in [2.45, 2.75) is 70.0 Å². The molecule has 1 heterocycles. The van der Waals surface area contributed by atoms with Crippen molar-refractivity contribution in [3.63, 3.8) is 0 Å². The minimum atomic E-state index is -0.385. The van der Waals surface area contributed by atoms with Gasteiger partial charge in [0.2, 0.25) is 0 Å². The molecular weight excluding hydrogens is 218 g/mol. The fraction of sp³-hybridized carbons (Fsp3) is 1.00. The Balaban J connectivity index is 1.59. The molecule has 1 saturated carbocycles. The van der Waals surface area contributed by atoms with Gasteiger partial charge in [-0.25, -0.2) is 0 Å². The van der Waals surface area contributed by atoms with Crippen LogP contribution in [0.4, 0.5) is 0 Å². The Labute approximate surface area is 104 Å². The van der Waals surface area contributed by atoms with Crippen LogP contribution in [0.25, 0.3) is 0 Å². The highest BCUT2D eigenvalue weighted by molar-refractivity contribution is 4.82. The van der Waals surface area contributed by atoms with E-state index < -0.39 is 0 Å². The third-order valence-corrected chi connectivity index (χ3v) is 3.40. The van der Waals surface area contributed by atoms with Crippen molar-refractivity contribution in [1.29, 1.82) is 0 Å². The van der Waals surface area contributed by atoms with E-state index in [1.54, 1.807) is 0 Å². The van der Waals surface area contributed by atoms with Crippen molar-refractivity contribution in [1.82, 2.24) is 5.32 Å². The van der Waals surface area contributed by atoms with Crippen LogP contribution in [0, 0.1) is 0 Å². The van der Waals surface area contributed by atoms with Crippen molar-refractivity contribution in [2.75, 3.05) is 13.2 Å². The van der Waals surface area contributed by atoms with E-state index in [4.69, 9.17) is 9.47 Å². The maximum absolute atomic E-state index is 9.77. The summed E-state index contributed by atoms with van der Waals surface area (Å²) in [6.07, 6.45) is 4.77. The van der Waals surface area contributed by atoms with Crippen molar-refractivity contribution >= 4 is 0 Å². The van der Waals surface area contributed by atoms with Gasteiger partial charge in [-0.2, -0.15) is 0 Å². The molecule has 1 aliphatic carbocycles. The van der Waals surface area contributed by atoms with E-state index in [9.17, 15) is 5.11 Å². The maximum Gasteiger partial charge on any atom is 0.0897 e. The highest BCUT2D eigenvalue weighted by Gasteiger charge is 2.26. The number of nitrogens with one attached hydrogen (secondary N) is 1. The lowest BCUT2D eigenvalue weighted by atomic mass is 10.0. The normalized spacial score (nSPS) is 35.8. The predicted octanol–water partition coefficient (Wildman–Crippen LogP) is 1.07. The molecule has 4 nitrogen and oxygen atoms in total. The minimum absolute atomic E-state index is 0.240. The van der Waals surface area contributed by atoms with Crippen molar-refractivity contribution in [3.05, 3.63) is 0 Å². The number of aliphatic hydroxyl groups excluding tert-OH is 1. The van der Waals surface area contributed by atoms with E-state index in [0.29, 0.717) is 19.2 Å². The first-order valence-corrected chi connectivity index (χ1v) is 6.82. The molecule has 0 aromatic carbocycles. The number of aliphatic hydroxyl groups is 1. The summed E-state index contributed by atoms with van der Waals surface area (Å²) in [5.41, 5.74) is 0. The fourth-order valence-electron chi connectivity index (χ4n) is 2.38. The van der Waals surface area contributed by atoms with E-state index >= 15 is 0 Å². The quantitative estimate of drug-likeness (QED) is 0.733. The Kier molecular flexibility index (Phi) is 4.79. The topological polar surface area (TPSA) is 50.7 Å². The average molecular weight is 243 g/mol. The van der Waals surface area contributed by atoms with E-state index in [0.717, 1.165) is 12.8 Å². The number of hydrogen-bond acceptors (Lipinski definition) is 4. The Hall–Kier alpha value is -0.160. The number of hydrogen-bond donors (Lipinski definition) is 2. The zero-order valence-corrected chi connectivity index (χ0v) is 10.9. The van der Waals surface area contributed by atoms with Gasteiger partial charge in [0.05, 0.1) is 31.0 Å². The lowest BCUT2D eigenvalue weighted by Crippen LogP contribution is -2.37. The Morgan fingerprint density at radius 2 is 1.94 bits per heavy atom. The Morgan fingerprint density at radius 1 is 1.29 bits per heavy atom. The minimum Gasteiger partial charge on any atom is -0.389 e. The third kappa shape index (κ3) is 4.92. The molecule has 0 radical (unpaired) electrons. The summed E-state index contributed by atoms with van der Waals surface area (Å²) in [4.78, 5) is 0. The summed E-state index contributed by atoms with van der Waals surface area (Å²) in [5, 5.41) is 13.1. The van der Waals surface area contributed by atoms with Crippen LogP contribution in [0.2, 0.25) is 0 Å². The van der Waals surface area contributed by atoms with E-state index in [-0.39, 0.29) is 24.4 Å². The van der Waals surface area contributed by atoms with Crippen LogP contribution < -0.4 is 5.32 Å². The van der Waals surface area contributed by atoms with Gasteiger partial charge in [0, 0.05) is 12.6 Å². The van der Waals surface area contributed by atoms with Crippen molar-refractivity contribution in [2.24, 2.45) is 0 Å². The fourth-order valence-corrected chi connectivity index (χ4v) is 2.38. The van der Waals surface area contributed by atoms with Crippen LogP contribution in [0.15, 0.2) is 0 Å². The van der Waals surface area contributed by atoms with Gasteiger partial charge in [-0.3, -0.25) is 0 Å². The molecule has 0 bridgehead atoms. The third-order valence-electron chi connectivity index (χ3n) is 3.40. The summed E-state index contributed by atoms with van der Waals surface area (Å²) < 4.78 is 11.4. The molecule has 3 atom stereocenters. The van der Waals surface area contributed by atoms with Crippen LogP contribution >= 0.6 is 0 Å². The molecular formula is C13H25NO3. The first-order valence-electron chi connectivity index (χ1n) is 6.82. The first kappa shape index (κ1) is 13.3. The summed E-state index contributed by atoms with van der Waals surface area (Å²) in [7, 11) is 0. The summed E-state index contributed by atoms with van der Waals surface area (Å²) >= 11 is 0. The van der Waals surface area contributed by atoms with Crippen LogP contribution in [0.1, 0.15) is 39.5 Å². The summed E-state index contributed by atoms with van der Waals surface area (Å²) in [6, 6.07) is 0.646. The average Bonchev–Trinajstić information content (AvgIpc) is 3.06. The monoisotopic (exact) mass is 243 g/mol. The second-order valence-corrected chi connectivity index (χ2v) is 5.52. The SMILES string of the molecule is CC1CC(OCC(O)CNC2CC2)CC(C)O1. The number of ether oxygens (including phenoxy) is 2. The smallest absolute Gasteiger partial charge is 0.0897 e. The molecule has 2 rings (SSSR count). The lowest BCUT2D eigenvalue weighted by molar-refractivity contribution is -0.113. The maximum atomic E-state index is 9.77. The molecule has 0 spiro atoms. The Bertz CT molecular complexity index is 223. The molecule has 1 aliphatic heterocycles. The standard InChI is InChI=1S/C13H25NO3/c1-9-5-13(6-10(2)17-9)16-8-12(15)7-14-11-3-4-11/h9-15H,3-8H2,1-2H3. The van der Waals surface area contributed by atoms with Crippen LogP contribution in [0.3, 0.4) is 0 Å². The van der Waals surface area contributed by atoms with Gasteiger partial charge < -0.3 is 19.9 Å². The molecule has 3 unspecified atom stereocenters. The van der Waals surface area contributed by atoms with Crippen molar-refractivity contribution in [3.8, 4) is 0 Å². The van der Waals surface area contributed by atoms with Gasteiger partial charge in [0.1, 0.15) is 0 Å². The molecule has 2 fully saturated rings. The highest BCUT2D eigenvalue weighted by Crippen LogP contribution is 2.22. The molecule has 1 saturated heterocycles. The predicted molar refractivity (Wildman–Crippen MR) is 66.0 cm³/mol. The molecule has 2 N–H and O–H groups in total. The van der Waals surface area contributed by atoms with Gasteiger partial charge in [-0.05, 0) is 39.5 Å². The summed E-state index contributed by atoms with van der Waals surface area (Å²) in [6.45, 7) is 5.25. The van der Waals surface area contributed by atoms with Gasteiger partial charge in [-0.1, -0.05) is 0 Å². The van der Waals surface area contributed by atoms with Gasteiger partial charge in [0.15, 0.2) is 0 Å². The molecule has 4 heteroatoms. The molecule has 2 aliphatic rings. The second kappa shape index (κ2) is 6.14. The number of rotatable bonds is 6. The van der Waals surface area contributed by atoms with Crippen LogP contribution in [0.5, 0.6) is 0 Å². The molecule has 17 heavy (non-hydrogen) atoms. The van der Waals surface area contributed by atoms with E-state index in [1.807, 2.05) is 0 Å². The van der Waals surface area contributed by atoms with E-state index in [2.05, 4.69) is 19.2 Å². The zero-order chi connectivity index (χ0) is 12.3. The molecule has 0 amide bonds. The van der Waals surface area contributed by atoms with Crippen LogP contribution in [-0.4, -0.2) is 48.7 Å². The molecule has 0 aromatic heterocycles. The molecule has 100 valence electrons. The second-order valence-electron chi connectivity index (χ2n) is 5.52. The zero-order valence-electron chi connectivity index (χ0n) is 10.9. The lowest BCUT2D eigenvalue weighted by Gasteiger charge is -2.32. The summed E-state index contributed by atoms with van der Waals surface area (Å²) in [5.74, 6) is 0. The largest absolute Gasteiger partial charge is 0.389 e.